The molecule has 1 unspecified atom stereocenters. The van der Waals surface area contributed by atoms with Gasteiger partial charge in [-0.3, -0.25) is 0 Å². The van der Waals surface area contributed by atoms with Gasteiger partial charge in [-0.2, -0.15) is 5.10 Å². The number of nitrogens with zero attached hydrogens (tertiary/aromatic N) is 2. The van der Waals surface area contributed by atoms with Gasteiger partial charge in [0.2, 0.25) is 5.88 Å². The van der Waals surface area contributed by atoms with Gasteiger partial charge in [0.25, 0.3) is 0 Å². The number of ether oxygens (including phenoxy) is 1. The standard InChI is InChI=1S/C9H15N3O2/c1-10-6-8(13)7-5-11-12-3-2-4-14-9(7)12/h5,8,10,13H,2-4,6H2,1H3. The summed E-state index contributed by atoms with van der Waals surface area (Å²) < 4.78 is 7.28. The zero-order valence-corrected chi connectivity index (χ0v) is 8.23. The lowest BCUT2D eigenvalue weighted by Crippen LogP contribution is -2.19. The van der Waals surface area contributed by atoms with Gasteiger partial charge in [-0.25, -0.2) is 4.68 Å². The predicted molar refractivity (Wildman–Crippen MR) is 51.2 cm³/mol. The lowest BCUT2D eigenvalue weighted by atomic mass is 10.2. The molecule has 0 saturated carbocycles. The molecule has 1 aliphatic heterocycles. The van der Waals surface area contributed by atoms with E-state index >= 15 is 0 Å². The van der Waals surface area contributed by atoms with Crippen LogP contribution in [0.3, 0.4) is 0 Å². The highest BCUT2D eigenvalue weighted by Gasteiger charge is 2.20. The molecule has 0 aliphatic carbocycles. The maximum Gasteiger partial charge on any atom is 0.217 e. The number of rotatable bonds is 3. The molecule has 2 rings (SSSR count). The first-order valence-electron chi connectivity index (χ1n) is 4.84. The van der Waals surface area contributed by atoms with Crippen LogP contribution in [0.1, 0.15) is 18.1 Å². The Bertz CT molecular complexity index is 311. The third kappa shape index (κ3) is 1.60. The highest BCUT2D eigenvalue weighted by atomic mass is 16.5. The molecule has 78 valence electrons. The first kappa shape index (κ1) is 9.48. The molecule has 1 aromatic rings. The van der Waals surface area contributed by atoms with Crippen molar-refractivity contribution in [2.75, 3.05) is 20.2 Å². The third-order valence-corrected chi connectivity index (χ3v) is 2.33. The third-order valence-electron chi connectivity index (χ3n) is 2.33. The number of aromatic nitrogens is 2. The summed E-state index contributed by atoms with van der Waals surface area (Å²) >= 11 is 0. The first-order valence-corrected chi connectivity index (χ1v) is 4.84. The SMILES string of the molecule is CNCC(O)c1cnn2c1OCCC2. The molecule has 2 N–H and O–H groups in total. The van der Waals surface area contributed by atoms with Crippen LogP contribution in [0.2, 0.25) is 0 Å². The molecule has 5 heteroatoms. The second-order valence-electron chi connectivity index (χ2n) is 3.40. The molecule has 0 amide bonds. The van der Waals surface area contributed by atoms with Gasteiger partial charge in [-0.05, 0) is 7.05 Å². The number of aliphatic hydroxyl groups excluding tert-OH is 1. The number of fused-ring (bicyclic) bond motifs is 1. The molecule has 0 spiro atoms. The van der Waals surface area contributed by atoms with E-state index in [4.69, 9.17) is 4.74 Å². The van der Waals surface area contributed by atoms with Crippen LogP contribution in [0.25, 0.3) is 0 Å². The van der Waals surface area contributed by atoms with Gasteiger partial charge in [0, 0.05) is 19.5 Å². The van der Waals surface area contributed by atoms with Crippen molar-refractivity contribution in [3.05, 3.63) is 11.8 Å². The van der Waals surface area contributed by atoms with E-state index in [1.54, 1.807) is 17.9 Å². The van der Waals surface area contributed by atoms with Gasteiger partial charge in [0.05, 0.1) is 24.5 Å². The Hall–Kier alpha value is -1.07. The van der Waals surface area contributed by atoms with Gasteiger partial charge < -0.3 is 15.2 Å². The molecule has 5 nitrogen and oxygen atoms in total. The Balaban J connectivity index is 2.21. The fourth-order valence-electron chi connectivity index (χ4n) is 1.62. The van der Waals surface area contributed by atoms with E-state index in [2.05, 4.69) is 10.4 Å². The van der Waals surface area contributed by atoms with Crippen LogP contribution in [-0.4, -0.2) is 35.1 Å². The van der Waals surface area contributed by atoms with Crippen molar-refractivity contribution in [2.45, 2.75) is 19.1 Å². The van der Waals surface area contributed by atoms with Crippen LogP contribution in [0.15, 0.2) is 6.20 Å². The summed E-state index contributed by atoms with van der Waals surface area (Å²) in [5.41, 5.74) is 0.777. The Morgan fingerprint density at radius 2 is 2.64 bits per heavy atom. The monoisotopic (exact) mass is 197 g/mol. The molecule has 1 aliphatic rings. The fourth-order valence-corrected chi connectivity index (χ4v) is 1.62. The molecule has 1 aromatic heterocycles. The molecule has 0 fully saturated rings. The normalized spacial score (nSPS) is 17.3. The Morgan fingerprint density at radius 3 is 3.43 bits per heavy atom. The fraction of sp³-hybridized carbons (Fsp3) is 0.667. The number of aliphatic hydroxyl groups is 1. The summed E-state index contributed by atoms with van der Waals surface area (Å²) in [6.45, 7) is 2.11. The highest BCUT2D eigenvalue weighted by molar-refractivity contribution is 5.27. The second-order valence-corrected chi connectivity index (χ2v) is 3.40. The average molecular weight is 197 g/mol. The van der Waals surface area contributed by atoms with Gasteiger partial charge in [-0.1, -0.05) is 0 Å². The maximum atomic E-state index is 9.77. The number of likely N-dealkylation sites (N-methyl/N-ethyl adjacent to an activating group) is 1. The van der Waals surface area contributed by atoms with Crippen LogP contribution in [0.4, 0.5) is 0 Å². The molecular formula is C9H15N3O2. The Labute approximate surface area is 82.7 Å². The van der Waals surface area contributed by atoms with Crippen molar-refractivity contribution < 1.29 is 9.84 Å². The van der Waals surface area contributed by atoms with E-state index in [1.807, 2.05) is 0 Å². The van der Waals surface area contributed by atoms with E-state index in [9.17, 15) is 5.11 Å². The molecule has 14 heavy (non-hydrogen) atoms. The minimum atomic E-state index is -0.540. The van der Waals surface area contributed by atoms with Crippen molar-refractivity contribution in [3.63, 3.8) is 0 Å². The van der Waals surface area contributed by atoms with Gasteiger partial charge in [0.15, 0.2) is 0 Å². The van der Waals surface area contributed by atoms with Gasteiger partial charge >= 0.3 is 0 Å². The highest BCUT2D eigenvalue weighted by Crippen LogP contribution is 2.27. The van der Waals surface area contributed by atoms with E-state index in [0.29, 0.717) is 13.2 Å². The second kappa shape index (κ2) is 3.98. The van der Waals surface area contributed by atoms with Crippen LogP contribution in [-0.2, 0) is 6.54 Å². The van der Waals surface area contributed by atoms with Gasteiger partial charge in [-0.15, -0.1) is 0 Å². The zero-order valence-electron chi connectivity index (χ0n) is 8.23. The Kier molecular flexibility index (Phi) is 2.69. The summed E-state index contributed by atoms with van der Waals surface area (Å²) in [6, 6.07) is 0. The number of aryl methyl sites for hydroxylation is 1. The largest absolute Gasteiger partial charge is 0.477 e. The van der Waals surface area contributed by atoms with Crippen molar-refractivity contribution in [2.24, 2.45) is 0 Å². The maximum absolute atomic E-state index is 9.77. The van der Waals surface area contributed by atoms with Crippen molar-refractivity contribution in [3.8, 4) is 5.88 Å². The van der Waals surface area contributed by atoms with Crippen molar-refractivity contribution >= 4 is 0 Å². The molecule has 0 aromatic carbocycles. The average Bonchev–Trinajstić information content (AvgIpc) is 2.61. The summed E-state index contributed by atoms with van der Waals surface area (Å²) in [6.07, 6.45) is 2.13. The summed E-state index contributed by atoms with van der Waals surface area (Å²) in [5, 5.41) is 16.9. The molecule has 0 radical (unpaired) electrons. The van der Waals surface area contributed by atoms with Crippen molar-refractivity contribution in [1.82, 2.24) is 15.1 Å². The quantitative estimate of drug-likeness (QED) is 0.711. The Morgan fingerprint density at radius 1 is 1.79 bits per heavy atom. The minimum absolute atomic E-state index is 0.516. The molecule has 0 saturated heterocycles. The predicted octanol–water partition coefficient (Wildman–Crippen LogP) is -0.0816. The number of hydrogen-bond acceptors (Lipinski definition) is 4. The smallest absolute Gasteiger partial charge is 0.217 e. The summed E-state index contributed by atoms with van der Waals surface area (Å²) in [5.74, 6) is 0.721. The minimum Gasteiger partial charge on any atom is -0.477 e. The van der Waals surface area contributed by atoms with E-state index < -0.39 is 6.10 Å². The molecular weight excluding hydrogens is 182 g/mol. The van der Waals surface area contributed by atoms with E-state index in [-0.39, 0.29) is 0 Å². The summed E-state index contributed by atoms with van der Waals surface area (Å²) in [7, 11) is 1.81. The van der Waals surface area contributed by atoms with Crippen molar-refractivity contribution in [1.29, 1.82) is 0 Å². The zero-order chi connectivity index (χ0) is 9.97. The van der Waals surface area contributed by atoms with Crippen LogP contribution in [0, 0.1) is 0 Å². The van der Waals surface area contributed by atoms with E-state index in [1.165, 1.54) is 0 Å². The van der Waals surface area contributed by atoms with E-state index in [0.717, 1.165) is 24.4 Å². The van der Waals surface area contributed by atoms with Crippen LogP contribution >= 0.6 is 0 Å². The van der Waals surface area contributed by atoms with Gasteiger partial charge in [0.1, 0.15) is 0 Å². The van der Waals surface area contributed by atoms with Crippen LogP contribution in [0.5, 0.6) is 5.88 Å². The first-order chi connectivity index (χ1) is 6.83. The number of nitrogens with one attached hydrogen (secondary N) is 1. The van der Waals surface area contributed by atoms with Crippen LogP contribution < -0.4 is 10.1 Å². The molecule has 0 bridgehead atoms. The lowest BCUT2D eigenvalue weighted by molar-refractivity contribution is 0.164. The summed E-state index contributed by atoms with van der Waals surface area (Å²) in [4.78, 5) is 0. The topological polar surface area (TPSA) is 59.3 Å². The molecule has 2 heterocycles. The lowest BCUT2D eigenvalue weighted by Gasteiger charge is -2.17. The number of hydrogen-bond donors (Lipinski definition) is 2. The molecule has 1 atom stereocenters.